The number of benzene rings is 2. The highest BCUT2D eigenvalue weighted by Gasteiger charge is 2.08. The van der Waals surface area contributed by atoms with Gasteiger partial charge in [0.2, 0.25) is 0 Å². The number of para-hydroxylation sites is 1. The third-order valence-corrected chi connectivity index (χ3v) is 4.34. The number of aromatic nitrogens is 1. The molecular formula is C20H17Cl2N3O. The monoisotopic (exact) mass is 385 g/mol. The Balaban J connectivity index is 1.58. The number of nitrogens with zero attached hydrogens (tertiary/aromatic N) is 1. The van der Waals surface area contributed by atoms with Crippen molar-refractivity contribution in [2.24, 2.45) is 0 Å². The lowest BCUT2D eigenvalue weighted by Gasteiger charge is -2.09. The van der Waals surface area contributed by atoms with E-state index in [2.05, 4.69) is 15.6 Å². The van der Waals surface area contributed by atoms with Crippen molar-refractivity contribution < 1.29 is 4.79 Å². The highest BCUT2D eigenvalue weighted by molar-refractivity contribution is 6.35. The Labute approximate surface area is 162 Å². The lowest BCUT2D eigenvalue weighted by molar-refractivity contribution is 0.0954. The third kappa shape index (κ3) is 4.97. The average Bonchev–Trinajstić information content (AvgIpc) is 2.64. The van der Waals surface area contributed by atoms with Gasteiger partial charge in [-0.15, -0.1) is 0 Å². The van der Waals surface area contributed by atoms with E-state index in [1.807, 2.05) is 36.4 Å². The molecule has 26 heavy (non-hydrogen) atoms. The summed E-state index contributed by atoms with van der Waals surface area (Å²) in [7, 11) is 0. The second-order valence-corrected chi connectivity index (χ2v) is 6.54. The van der Waals surface area contributed by atoms with E-state index in [0.717, 1.165) is 16.9 Å². The zero-order valence-electron chi connectivity index (χ0n) is 13.9. The van der Waals surface area contributed by atoms with Crippen LogP contribution >= 0.6 is 23.2 Å². The highest BCUT2D eigenvalue weighted by atomic mass is 35.5. The van der Waals surface area contributed by atoms with E-state index in [9.17, 15) is 4.79 Å². The van der Waals surface area contributed by atoms with Crippen LogP contribution in [0.25, 0.3) is 0 Å². The predicted octanol–water partition coefficient (Wildman–Crippen LogP) is 5.10. The van der Waals surface area contributed by atoms with Gasteiger partial charge in [-0.25, -0.2) is 0 Å². The molecule has 0 bridgehead atoms. The summed E-state index contributed by atoms with van der Waals surface area (Å²) in [6.45, 7) is 0.469. The summed E-state index contributed by atoms with van der Waals surface area (Å²) in [4.78, 5) is 16.5. The molecule has 3 aromatic rings. The molecule has 4 nitrogen and oxygen atoms in total. The van der Waals surface area contributed by atoms with Crippen LogP contribution in [-0.4, -0.2) is 17.4 Å². The Morgan fingerprint density at radius 2 is 1.77 bits per heavy atom. The van der Waals surface area contributed by atoms with Crippen LogP contribution in [0.5, 0.6) is 0 Å². The summed E-state index contributed by atoms with van der Waals surface area (Å²) < 4.78 is 0. The number of pyridine rings is 1. The Bertz CT molecular complexity index is 901. The number of halogens is 2. The van der Waals surface area contributed by atoms with Gasteiger partial charge in [-0.1, -0.05) is 47.5 Å². The lowest BCUT2D eigenvalue weighted by atomic mass is 10.1. The Hall–Kier alpha value is -2.56. The van der Waals surface area contributed by atoms with Crippen LogP contribution in [0.4, 0.5) is 11.4 Å². The van der Waals surface area contributed by atoms with Crippen molar-refractivity contribution in [2.75, 3.05) is 11.9 Å². The molecule has 1 amide bonds. The second kappa shape index (κ2) is 8.70. The summed E-state index contributed by atoms with van der Waals surface area (Å²) in [6.07, 6.45) is 3.84. The molecule has 3 rings (SSSR count). The summed E-state index contributed by atoms with van der Waals surface area (Å²) >= 11 is 12.0. The van der Waals surface area contributed by atoms with Gasteiger partial charge in [0.25, 0.3) is 5.91 Å². The average molecular weight is 386 g/mol. The molecule has 6 heteroatoms. The first-order valence-corrected chi connectivity index (χ1v) is 8.86. The van der Waals surface area contributed by atoms with Crippen LogP contribution < -0.4 is 10.6 Å². The van der Waals surface area contributed by atoms with Crippen molar-refractivity contribution in [2.45, 2.75) is 6.42 Å². The van der Waals surface area contributed by atoms with Crippen LogP contribution in [-0.2, 0) is 6.42 Å². The number of amides is 1. The maximum Gasteiger partial charge on any atom is 0.252 e. The molecule has 0 aliphatic heterocycles. The third-order valence-electron chi connectivity index (χ3n) is 3.76. The molecule has 0 saturated heterocycles. The molecule has 0 radical (unpaired) electrons. The molecule has 1 heterocycles. The summed E-state index contributed by atoms with van der Waals surface area (Å²) in [5.41, 5.74) is 3.12. The van der Waals surface area contributed by atoms with Gasteiger partial charge in [-0.05, 0) is 42.3 Å². The van der Waals surface area contributed by atoms with Crippen LogP contribution in [0.3, 0.4) is 0 Å². The van der Waals surface area contributed by atoms with E-state index in [0.29, 0.717) is 28.6 Å². The van der Waals surface area contributed by atoms with Crippen molar-refractivity contribution in [3.63, 3.8) is 0 Å². The minimum absolute atomic E-state index is 0.181. The first-order chi connectivity index (χ1) is 12.6. The normalized spacial score (nSPS) is 10.4. The molecular weight excluding hydrogens is 369 g/mol. The number of hydrogen-bond acceptors (Lipinski definition) is 3. The molecule has 0 unspecified atom stereocenters. The molecule has 2 aromatic carbocycles. The largest absolute Gasteiger partial charge is 0.354 e. The van der Waals surface area contributed by atoms with Crippen molar-refractivity contribution in [1.82, 2.24) is 10.3 Å². The number of carbonyl (C=O) groups excluding carboxylic acids is 1. The molecule has 1 aromatic heterocycles. The fourth-order valence-electron chi connectivity index (χ4n) is 2.46. The lowest BCUT2D eigenvalue weighted by Crippen LogP contribution is -2.25. The molecule has 0 aliphatic rings. The standard InChI is InChI=1S/C20H17Cl2N3O/c21-16-7-6-14(19(22)11-16)8-9-24-20(26)15-10-18(13-23-12-15)25-17-4-2-1-3-5-17/h1-7,10-13,25H,8-9H2,(H,24,26). The zero-order chi connectivity index (χ0) is 18.4. The minimum Gasteiger partial charge on any atom is -0.354 e. The number of nitrogens with one attached hydrogen (secondary N) is 2. The topological polar surface area (TPSA) is 54.0 Å². The molecule has 0 spiro atoms. The molecule has 0 saturated carbocycles. The van der Waals surface area contributed by atoms with E-state index in [1.165, 1.54) is 0 Å². The maximum absolute atomic E-state index is 12.3. The van der Waals surface area contributed by atoms with E-state index >= 15 is 0 Å². The summed E-state index contributed by atoms with van der Waals surface area (Å²) in [5, 5.41) is 7.30. The van der Waals surface area contributed by atoms with Gasteiger partial charge in [-0.3, -0.25) is 9.78 Å². The number of anilines is 2. The SMILES string of the molecule is O=C(NCCc1ccc(Cl)cc1Cl)c1cncc(Nc2ccccc2)c1. The minimum atomic E-state index is -0.181. The van der Waals surface area contributed by atoms with E-state index < -0.39 is 0 Å². The second-order valence-electron chi connectivity index (χ2n) is 5.69. The fraction of sp³-hybridized carbons (Fsp3) is 0.100. The van der Waals surface area contributed by atoms with Crippen LogP contribution in [0.2, 0.25) is 10.0 Å². The zero-order valence-corrected chi connectivity index (χ0v) is 15.4. The van der Waals surface area contributed by atoms with E-state index in [1.54, 1.807) is 30.6 Å². The van der Waals surface area contributed by atoms with Gasteiger partial charge in [0.1, 0.15) is 0 Å². The quantitative estimate of drug-likeness (QED) is 0.620. The smallest absolute Gasteiger partial charge is 0.252 e. The molecule has 132 valence electrons. The fourth-order valence-corrected chi connectivity index (χ4v) is 2.96. The molecule has 2 N–H and O–H groups in total. The van der Waals surface area contributed by atoms with Crippen molar-refractivity contribution in [3.8, 4) is 0 Å². The van der Waals surface area contributed by atoms with Crippen LogP contribution in [0, 0.1) is 0 Å². The van der Waals surface area contributed by atoms with E-state index in [4.69, 9.17) is 23.2 Å². The van der Waals surface area contributed by atoms with Gasteiger partial charge < -0.3 is 10.6 Å². The molecule has 0 aliphatic carbocycles. The highest BCUT2D eigenvalue weighted by Crippen LogP contribution is 2.21. The van der Waals surface area contributed by atoms with Crippen LogP contribution in [0.15, 0.2) is 67.0 Å². The van der Waals surface area contributed by atoms with Gasteiger partial charge in [0.05, 0.1) is 17.4 Å². The first kappa shape index (κ1) is 18.2. The Morgan fingerprint density at radius 1 is 0.962 bits per heavy atom. The predicted molar refractivity (Wildman–Crippen MR) is 106 cm³/mol. The molecule has 0 fully saturated rings. The molecule has 0 atom stereocenters. The number of carbonyl (C=O) groups is 1. The van der Waals surface area contributed by atoms with Crippen LogP contribution in [0.1, 0.15) is 15.9 Å². The Morgan fingerprint density at radius 3 is 2.54 bits per heavy atom. The van der Waals surface area contributed by atoms with Gasteiger partial charge in [0, 0.05) is 28.5 Å². The maximum atomic E-state index is 12.3. The summed E-state index contributed by atoms with van der Waals surface area (Å²) in [6, 6.07) is 16.8. The first-order valence-electron chi connectivity index (χ1n) is 8.11. The van der Waals surface area contributed by atoms with Gasteiger partial charge in [0.15, 0.2) is 0 Å². The van der Waals surface area contributed by atoms with Crippen molar-refractivity contribution >= 4 is 40.5 Å². The van der Waals surface area contributed by atoms with Gasteiger partial charge in [-0.2, -0.15) is 0 Å². The Kier molecular flexibility index (Phi) is 6.10. The van der Waals surface area contributed by atoms with Crippen molar-refractivity contribution in [3.05, 3.63) is 88.2 Å². The van der Waals surface area contributed by atoms with E-state index in [-0.39, 0.29) is 5.91 Å². The van der Waals surface area contributed by atoms with Gasteiger partial charge >= 0.3 is 0 Å². The van der Waals surface area contributed by atoms with Crippen molar-refractivity contribution in [1.29, 1.82) is 0 Å². The number of rotatable bonds is 6. The summed E-state index contributed by atoms with van der Waals surface area (Å²) in [5.74, 6) is -0.181. The number of hydrogen-bond donors (Lipinski definition) is 2.